The summed E-state index contributed by atoms with van der Waals surface area (Å²) >= 11 is 1.61. The van der Waals surface area contributed by atoms with Gasteiger partial charge in [0.2, 0.25) is 5.91 Å². The van der Waals surface area contributed by atoms with Gasteiger partial charge in [-0.25, -0.2) is 4.98 Å². The largest absolute Gasteiger partial charge is 0.345 e. The molecule has 2 heterocycles. The van der Waals surface area contributed by atoms with E-state index in [-0.39, 0.29) is 11.9 Å². The highest BCUT2D eigenvalue weighted by Crippen LogP contribution is 2.24. The molecule has 1 aromatic carbocycles. The lowest BCUT2D eigenvalue weighted by molar-refractivity contribution is -0.121. The van der Waals surface area contributed by atoms with E-state index in [2.05, 4.69) is 47.3 Å². The maximum absolute atomic E-state index is 12.6. The number of nitrogens with zero attached hydrogens (tertiary/aromatic N) is 2. The first kappa shape index (κ1) is 18.3. The molecule has 0 unspecified atom stereocenters. The Labute approximate surface area is 158 Å². The fourth-order valence-electron chi connectivity index (χ4n) is 2.88. The number of aryl methyl sites for hydroxylation is 4. The third-order valence-corrected chi connectivity index (χ3v) is 5.61. The van der Waals surface area contributed by atoms with Gasteiger partial charge in [-0.2, -0.15) is 0 Å². The van der Waals surface area contributed by atoms with Crippen molar-refractivity contribution in [2.24, 2.45) is 0 Å². The Kier molecular flexibility index (Phi) is 5.78. The number of carbonyl (C=O) groups excluding carboxylic acids is 1. The zero-order chi connectivity index (χ0) is 18.5. The second kappa shape index (κ2) is 8.23. The Bertz CT molecular complexity index is 889. The van der Waals surface area contributed by atoms with E-state index >= 15 is 0 Å². The van der Waals surface area contributed by atoms with Crippen molar-refractivity contribution in [2.45, 2.75) is 39.7 Å². The quantitative estimate of drug-likeness (QED) is 0.708. The van der Waals surface area contributed by atoms with E-state index in [1.807, 2.05) is 30.8 Å². The van der Waals surface area contributed by atoms with Crippen LogP contribution in [-0.2, 0) is 11.2 Å². The summed E-state index contributed by atoms with van der Waals surface area (Å²) < 4.78 is 0. The van der Waals surface area contributed by atoms with Gasteiger partial charge in [-0.3, -0.25) is 9.78 Å². The van der Waals surface area contributed by atoms with Crippen LogP contribution in [0.4, 0.5) is 0 Å². The van der Waals surface area contributed by atoms with E-state index in [0.717, 1.165) is 23.2 Å². The molecule has 2 aromatic heterocycles. The molecule has 1 amide bonds. The standard InChI is InChI=1S/C21H23N3OS/c1-14-6-7-17(11-15(14)2)21(18-5-4-10-22-12-18)24-20(25)9-8-19-16(3)23-13-26-19/h4-7,10-13,21H,8-9H2,1-3H3,(H,24,25)/t21-/m1/s1. The van der Waals surface area contributed by atoms with Gasteiger partial charge in [-0.1, -0.05) is 24.3 Å². The van der Waals surface area contributed by atoms with Gasteiger partial charge in [0.15, 0.2) is 0 Å². The fourth-order valence-corrected chi connectivity index (χ4v) is 3.66. The predicted molar refractivity (Wildman–Crippen MR) is 105 cm³/mol. The molecule has 0 aliphatic rings. The smallest absolute Gasteiger partial charge is 0.221 e. The Hall–Kier alpha value is -2.53. The minimum atomic E-state index is -0.196. The molecule has 1 atom stereocenters. The molecule has 0 aliphatic carbocycles. The van der Waals surface area contributed by atoms with Gasteiger partial charge < -0.3 is 5.32 Å². The van der Waals surface area contributed by atoms with Crippen molar-refractivity contribution in [3.63, 3.8) is 0 Å². The van der Waals surface area contributed by atoms with E-state index in [4.69, 9.17) is 0 Å². The summed E-state index contributed by atoms with van der Waals surface area (Å²) in [4.78, 5) is 22.2. The van der Waals surface area contributed by atoms with Gasteiger partial charge in [0.05, 0.1) is 17.2 Å². The second-order valence-electron chi connectivity index (χ2n) is 6.49. The van der Waals surface area contributed by atoms with Crippen LogP contribution in [0, 0.1) is 20.8 Å². The summed E-state index contributed by atoms with van der Waals surface area (Å²) in [6.07, 6.45) is 4.72. The first-order valence-electron chi connectivity index (χ1n) is 8.70. The van der Waals surface area contributed by atoms with Crippen LogP contribution < -0.4 is 5.32 Å². The summed E-state index contributed by atoms with van der Waals surface area (Å²) in [6.45, 7) is 6.17. The van der Waals surface area contributed by atoms with Crippen molar-refractivity contribution in [3.05, 3.63) is 81.1 Å². The van der Waals surface area contributed by atoms with E-state index in [0.29, 0.717) is 6.42 Å². The van der Waals surface area contributed by atoms with Crippen LogP contribution in [0.5, 0.6) is 0 Å². The zero-order valence-corrected chi connectivity index (χ0v) is 16.1. The molecule has 0 saturated carbocycles. The van der Waals surface area contributed by atoms with Gasteiger partial charge in [-0.15, -0.1) is 11.3 Å². The number of amides is 1. The van der Waals surface area contributed by atoms with Crippen molar-refractivity contribution in [3.8, 4) is 0 Å². The lowest BCUT2D eigenvalue weighted by Gasteiger charge is -2.20. The molecule has 3 rings (SSSR count). The molecule has 26 heavy (non-hydrogen) atoms. The summed E-state index contributed by atoms with van der Waals surface area (Å²) in [7, 11) is 0. The molecule has 4 nitrogen and oxygen atoms in total. The lowest BCUT2D eigenvalue weighted by atomic mass is 9.96. The Balaban J connectivity index is 1.78. The third kappa shape index (κ3) is 4.35. The number of aromatic nitrogens is 2. The van der Waals surface area contributed by atoms with E-state index in [1.165, 1.54) is 16.0 Å². The molecular weight excluding hydrogens is 342 g/mol. The summed E-state index contributed by atoms with van der Waals surface area (Å²) in [5.41, 5.74) is 7.36. The second-order valence-corrected chi connectivity index (χ2v) is 7.43. The van der Waals surface area contributed by atoms with Gasteiger partial charge in [0.25, 0.3) is 0 Å². The van der Waals surface area contributed by atoms with E-state index in [1.54, 1.807) is 17.5 Å². The summed E-state index contributed by atoms with van der Waals surface area (Å²) in [6, 6.07) is 10.0. The van der Waals surface area contributed by atoms with Gasteiger partial charge in [-0.05, 0) is 55.5 Å². The number of benzene rings is 1. The molecule has 0 spiro atoms. The number of hydrogen-bond acceptors (Lipinski definition) is 4. The van der Waals surface area contributed by atoms with Crippen LogP contribution in [0.1, 0.15) is 45.3 Å². The molecular formula is C21H23N3OS. The number of rotatable bonds is 6. The zero-order valence-electron chi connectivity index (χ0n) is 15.3. The molecule has 5 heteroatoms. The molecule has 3 aromatic rings. The molecule has 134 valence electrons. The van der Waals surface area contributed by atoms with Crippen LogP contribution in [0.15, 0.2) is 48.2 Å². The number of nitrogens with one attached hydrogen (secondary N) is 1. The average molecular weight is 366 g/mol. The van der Waals surface area contributed by atoms with Crippen LogP contribution in [0.2, 0.25) is 0 Å². The molecule has 0 aliphatic heterocycles. The Morgan fingerprint density at radius 1 is 1.15 bits per heavy atom. The monoisotopic (exact) mass is 365 g/mol. The predicted octanol–water partition coefficient (Wildman–Crippen LogP) is 4.30. The first-order valence-corrected chi connectivity index (χ1v) is 9.58. The summed E-state index contributed by atoms with van der Waals surface area (Å²) in [5.74, 6) is 0.0323. The highest BCUT2D eigenvalue weighted by atomic mass is 32.1. The number of carbonyl (C=O) groups is 1. The van der Waals surface area contributed by atoms with Gasteiger partial charge in [0, 0.05) is 23.7 Å². The maximum Gasteiger partial charge on any atom is 0.221 e. The number of pyridine rings is 1. The highest BCUT2D eigenvalue weighted by Gasteiger charge is 2.18. The summed E-state index contributed by atoms with van der Waals surface area (Å²) in [5, 5.41) is 3.18. The maximum atomic E-state index is 12.6. The minimum Gasteiger partial charge on any atom is -0.345 e. The number of thiazole rings is 1. The van der Waals surface area contributed by atoms with Crippen molar-refractivity contribution in [2.75, 3.05) is 0 Å². The molecule has 0 fully saturated rings. The van der Waals surface area contributed by atoms with Crippen LogP contribution in [0.25, 0.3) is 0 Å². The molecule has 0 bridgehead atoms. The van der Waals surface area contributed by atoms with Crippen molar-refractivity contribution in [1.82, 2.24) is 15.3 Å². The minimum absolute atomic E-state index is 0.0323. The van der Waals surface area contributed by atoms with Crippen molar-refractivity contribution in [1.29, 1.82) is 0 Å². The number of hydrogen-bond donors (Lipinski definition) is 1. The Morgan fingerprint density at radius 2 is 2.00 bits per heavy atom. The molecule has 1 N–H and O–H groups in total. The molecule has 0 saturated heterocycles. The third-order valence-electron chi connectivity index (χ3n) is 4.61. The highest BCUT2D eigenvalue weighted by molar-refractivity contribution is 7.09. The van der Waals surface area contributed by atoms with Crippen LogP contribution >= 0.6 is 11.3 Å². The SMILES string of the molecule is Cc1ccc([C@@H](NC(=O)CCc2scnc2C)c2cccnc2)cc1C. The first-order chi connectivity index (χ1) is 12.5. The van der Waals surface area contributed by atoms with Crippen molar-refractivity contribution < 1.29 is 4.79 Å². The molecule has 0 radical (unpaired) electrons. The average Bonchev–Trinajstić information content (AvgIpc) is 3.06. The van der Waals surface area contributed by atoms with Gasteiger partial charge >= 0.3 is 0 Å². The van der Waals surface area contributed by atoms with Gasteiger partial charge in [0.1, 0.15) is 0 Å². The normalized spacial score (nSPS) is 12.0. The fraction of sp³-hybridized carbons (Fsp3) is 0.286. The van der Waals surface area contributed by atoms with Crippen LogP contribution in [0.3, 0.4) is 0 Å². The topological polar surface area (TPSA) is 54.9 Å². The Morgan fingerprint density at radius 3 is 2.65 bits per heavy atom. The van der Waals surface area contributed by atoms with E-state index < -0.39 is 0 Å². The van der Waals surface area contributed by atoms with E-state index in [9.17, 15) is 4.79 Å². The van der Waals surface area contributed by atoms with Crippen molar-refractivity contribution >= 4 is 17.2 Å². The lowest BCUT2D eigenvalue weighted by Crippen LogP contribution is -2.29. The van der Waals surface area contributed by atoms with Crippen LogP contribution in [-0.4, -0.2) is 15.9 Å².